The number of nitrogens with one attached hydrogen (secondary N) is 1. The van der Waals surface area contributed by atoms with Gasteiger partial charge in [0.15, 0.2) is 0 Å². The van der Waals surface area contributed by atoms with Crippen molar-refractivity contribution in [1.82, 2.24) is 14.5 Å². The van der Waals surface area contributed by atoms with Crippen molar-refractivity contribution in [2.24, 2.45) is 5.73 Å². The predicted molar refractivity (Wildman–Crippen MR) is 101 cm³/mol. The van der Waals surface area contributed by atoms with E-state index in [-0.39, 0.29) is 0 Å². The second-order valence-corrected chi connectivity index (χ2v) is 6.10. The smallest absolute Gasteiger partial charge is 0.251 e. The van der Waals surface area contributed by atoms with E-state index < -0.39 is 5.91 Å². The largest absolute Gasteiger partial charge is 0.366 e. The number of aromatic nitrogens is 3. The number of nitrogens with zero attached hydrogens (tertiary/aromatic N) is 2. The lowest BCUT2D eigenvalue weighted by Crippen LogP contribution is -2.13. The second kappa shape index (κ2) is 5.77. The molecule has 0 aliphatic heterocycles. The monoisotopic (exact) mass is 332 g/mol. The van der Waals surface area contributed by atoms with Crippen molar-refractivity contribution in [3.63, 3.8) is 0 Å². The van der Waals surface area contributed by atoms with Crippen LogP contribution < -0.4 is 5.73 Å². The summed E-state index contributed by atoms with van der Waals surface area (Å²) in [6.07, 6.45) is 4.47. The van der Waals surface area contributed by atoms with Gasteiger partial charge < -0.3 is 15.3 Å². The maximum Gasteiger partial charge on any atom is 0.251 e. The molecule has 0 unspecified atom stereocenters. The number of rotatable bonds is 4. The Hall–Kier alpha value is -3.08. The molecule has 0 saturated heterocycles. The zero-order valence-electron chi connectivity index (χ0n) is 14.3. The number of fused-ring (bicyclic) bond motifs is 2. The fourth-order valence-corrected chi connectivity index (χ4v) is 3.78. The van der Waals surface area contributed by atoms with E-state index in [1.54, 1.807) is 6.20 Å². The summed E-state index contributed by atoms with van der Waals surface area (Å²) >= 11 is 0. The summed E-state index contributed by atoms with van der Waals surface area (Å²) in [7, 11) is 0. The molecule has 126 valence electrons. The van der Waals surface area contributed by atoms with Gasteiger partial charge in [0.1, 0.15) is 5.65 Å². The molecule has 0 atom stereocenters. The Balaban J connectivity index is 2.22. The highest BCUT2D eigenvalue weighted by atomic mass is 16.1. The first-order valence-corrected chi connectivity index (χ1v) is 8.53. The third-order valence-electron chi connectivity index (χ3n) is 4.84. The van der Waals surface area contributed by atoms with E-state index in [0.717, 1.165) is 51.7 Å². The van der Waals surface area contributed by atoms with E-state index in [0.29, 0.717) is 5.56 Å². The highest BCUT2D eigenvalue weighted by molar-refractivity contribution is 6.15. The molecule has 1 amide bonds. The number of pyridine rings is 1. The quantitative estimate of drug-likeness (QED) is 0.595. The Bertz CT molecular complexity index is 1100. The van der Waals surface area contributed by atoms with Crippen LogP contribution >= 0.6 is 0 Å². The van der Waals surface area contributed by atoms with Crippen LogP contribution in [0.5, 0.6) is 0 Å². The first-order valence-electron chi connectivity index (χ1n) is 8.53. The lowest BCUT2D eigenvalue weighted by Gasteiger charge is -2.10. The van der Waals surface area contributed by atoms with E-state index >= 15 is 0 Å². The van der Waals surface area contributed by atoms with Crippen LogP contribution in [0.3, 0.4) is 0 Å². The molecule has 3 aromatic heterocycles. The van der Waals surface area contributed by atoms with Crippen molar-refractivity contribution >= 4 is 27.8 Å². The van der Waals surface area contributed by atoms with Crippen LogP contribution in [0.15, 0.2) is 42.7 Å². The molecule has 4 rings (SSSR count). The Morgan fingerprint density at radius 1 is 1.24 bits per heavy atom. The Morgan fingerprint density at radius 2 is 2.08 bits per heavy atom. The minimum atomic E-state index is -0.395. The van der Waals surface area contributed by atoms with Crippen LogP contribution in [0.25, 0.3) is 33.2 Å². The zero-order chi connectivity index (χ0) is 17.6. The van der Waals surface area contributed by atoms with E-state index in [1.165, 1.54) is 0 Å². The highest BCUT2D eigenvalue weighted by Gasteiger charge is 2.24. The van der Waals surface area contributed by atoms with Crippen molar-refractivity contribution < 1.29 is 4.79 Å². The summed E-state index contributed by atoms with van der Waals surface area (Å²) in [6, 6.07) is 10.1. The van der Waals surface area contributed by atoms with Crippen molar-refractivity contribution in [3.05, 3.63) is 53.9 Å². The molecule has 5 nitrogen and oxygen atoms in total. The van der Waals surface area contributed by atoms with Crippen molar-refractivity contribution in [2.75, 3.05) is 0 Å². The van der Waals surface area contributed by atoms with Gasteiger partial charge >= 0.3 is 0 Å². The molecule has 0 aliphatic carbocycles. The van der Waals surface area contributed by atoms with Gasteiger partial charge in [0.2, 0.25) is 0 Å². The molecular weight excluding hydrogens is 312 g/mol. The number of hydrogen-bond acceptors (Lipinski definition) is 2. The van der Waals surface area contributed by atoms with Crippen LogP contribution in [0.4, 0.5) is 0 Å². The van der Waals surface area contributed by atoms with Gasteiger partial charge in [-0.1, -0.05) is 19.1 Å². The molecule has 3 heterocycles. The number of aryl methyl sites for hydroxylation is 2. The number of carbonyl (C=O) groups excluding carboxylic acids is 1. The van der Waals surface area contributed by atoms with Gasteiger partial charge in [0.05, 0.1) is 11.3 Å². The fraction of sp³-hybridized carbons (Fsp3) is 0.200. The van der Waals surface area contributed by atoms with Crippen LogP contribution in [0, 0.1) is 0 Å². The molecule has 3 N–H and O–H groups in total. The van der Waals surface area contributed by atoms with Gasteiger partial charge in [0, 0.05) is 40.8 Å². The number of H-pyrrole nitrogens is 1. The van der Waals surface area contributed by atoms with E-state index in [4.69, 9.17) is 5.73 Å². The molecule has 0 fully saturated rings. The van der Waals surface area contributed by atoms with Crippen molar-refractivity contribution in [2.45, 2.75) is 26.8 Å². The van der Waals surface area contributed by atoms with E-state index in [9.17, 15) is 4.79 Å². The number of amides is 1. The van der Waals surface area contributed by atoms with Gasteiger partial charge in [0.25, 0.3) is 5.91 Å². The number of benzene rings is 1. The maximum atomic E-state index is 12.5. The maximum absolute atomic E-state index is 12.5. The highest BCUT2D eigenvalue weighted by Crippen LogP contribution is 2.38. The predicted octanol–water partition coefficient (Wildman–Crippen LogP) is 3.87. The standard InChI is InChI=1S/C20H20N4O/c1-3-12-6-5-7-15-16(12)17(19(21)25)18(24(15)4-2)13-8-10-22-20-14(13)9-11-23-20/h5-11H,3-4H2,1-2H3,(H2,21,25)(H,22,23). The number of carbonyl (C=O) groups is 1. The minimum Gasteiger partial charge on any atom is -0.366 e. The average molecular weight is 332 g/mol. The summed E-state index contributed by atoms with van der Waals surface area (Å²) < 4.78 is 2.18. The molecule has 0 saturated carbocycles. The fourth-order valence-electron chi connectivity index (χ4n) is 3.78. The van der Waals surface area contributed by atoms with Crippen LogP contribution in [-0.2, 0) is 13.0 Å². The van der Waals surface area contributed by atoms with Gasteiger partial charge in [-0.3, -0.25) is 4.79 Å². The first-order chi connectivity index (χ1) is 12.2. The minimum absolute atomic E-state index is 0.395. The van der Waals surface area contributed by atoms with E-state index in [2.05, 4.69) is 40.5 Å². The topological polar surface area (TPSA) is 76.7 Å². The SMILES string of the molecule is CCc1cccc2c1c(C(N)=O)c(-c1ccnc3[nH]ccc13)n2CC. The lowest BCUT2D eigenvalue weighted by molar-refractivity contribution is 0.100. The molecule has 0 aliphatic rings. The van der Waals surface area contributed by atoms with Crippen molar-refractivity contribution in [3.8, 4) is 11.3 Å². The summed E-state index contributed by atoms with van der Waals surface area (Å²) in [6.45, 7) is 4.93. The number of nitrogens with two attached hydrogens (primary N) is 1. The first kappa shape index (κ1) is 15.4. The Labute approximate surface area is 145 Å². The third-order valence-corrected chi connectivity index (χ3v) is 4.84. The molecule has 0 radical (unpaired) electrons. The van der Waals surface area contributed by atoms with Gasteiger partial charge in [-0.2, -0.15) is 0 Å². The summed E-state index contributed by atoms with van der Waals surface area (Å²) in [5.74, 6) is -0.395. The zero-order valence-corrected chi connectivity index (χ0v) is 14.3. The molecule has 0 spiro atoms. The van der Waals surface area contributed by atoms with E-state index in [1.807, 2.05) is 24.4 Å². The van der Waals surface area contributed by atoms with Gasteiger partial charge in [-0.15, -0.1) is 0 Å². The van der Waals surface area contributed by atoms with Gasteiger partial charge in [-0.05, 0) is 37.1 Å². The normalized spacial score (nSPS) is 11.4. The number of aromatic amines is 1. The van der Waals surface area contributed by atoms with Gasteiger partial charge in [-0.25, -0.2) is 4.98 Å². The second-order valence-electron chi connectivity index (χ2n) is 6.10. The summed E-state index contributed by atoms with van der Waals surface area (Å²) in [5.41, 5.74) is 11.3. The molecular formula is C20H20N4O. The average Bonchev–Trinajstić information content (AvgIpc) is 3.22. The Kier molecular flexibility index (Phi) is 3.57. The van der Waals surface area contributed by atoms with Crippen LogP contribution in [-0.4, -0.2) is 20.4 Å². The molecule has 25 heavy (non-hydrogen) atoms. The number of hydrogen-bond donors (Lipinski definition) is 2. The molecule has 5 heteroatoms. The number of primary amides is 1. The summed E-state index contributed by atoms with van der Waals surface area (Å²) in [5, 5.41) is 1.95. The van der Waals surface area contributed by atoms with Crippen molar-refractivity contribution in [1.29, 1.82) is 0 Å². The molecule has 0 bridgehead atoms. The Morgan fingerprint density at radius 3 is 2.80 bits per heavy atom. The summed E-state index contributed by atoms with van der Waals surface area (Å²) in [4.78, 5) is 20.0. The lowest BCUT2D eigenvalue weighted by atomic mass is 9.99. The van der Waals surface area contributed by atoms with Crippen LogP contribution in [0.1, 0.15) is 29.8 Å². The van der Waals surface area contributed by atoms with Crippen LogP contribution in [0.2, 0.25) is 0 Å². The third kappa shape index (κ3) is 2.16. The molecule has 4 aromatic rings. The molecule has 1 aromatic carbocycles.